The van der Waals surface area contributed by atoms with E-state index in [2.05, 4.69) is 22.4 Å². The zero-order valence-corrected chi connectivity index (χ0v) is 9.23. The summed E-state index contributed by atoms with van der Waals surface area (Å²) in [4.78, 5) is 3.77. The van der Waals surface area contributed by atoms with Crippen molar-refractivity contribution in [3.05, 3.63) is 30.3 Å². The Hall–Kier alpha value is -1.44. The highest BCUT2D eigenvalue weighted by molar-refractivity contribution is 7.78. The lowest BCUT2D eigenvalue weighted by atomic mass is 10.3. The number of nitrogens with zero attached hydrogens (tertiary/aromatic N) is 1. The van der Waals surface area contributed by atoms with Crippen molar-refractivity contribution < 1.29 is 31.1 Å². The first kappa shape index (κ1) is 16.6. The standard InChI is InChI=1S/C7H5NS.C2F6O/c9-6-8-7-4-2-1-3-5-7;3-1(4,5)9-2(6,7)8/h1-5H;. The number of alkyl halides is 6. The van der Waals surface area contributed by atoms with Crippen molar-refractivity contribution in [2.75, 3.05) is 0 Å². The van der Waals surface area contributed by atoms with E-state index in [0.717, 1.165) is 5.69 Å². The van der Waals surface area contributed by atoms with Gasteiger partial charge in [-0.25, -0.2) is 0 Å². The third-order valence-corrected chi connectivity index (χ3v) is 1.25. The Morgan fingerprint density at radius 3 is 1.67 bits per heavy atom. The summed E-state index contributed by atoms with van der Waals surface area (Å²) in [6.07, 6.45) is -11.3. The summed E-state index contributed by atoms with van der Waals surface area (Å²) >= 11 is 4.42. The lowest BCUT2D eigenvalue weighted by Crippen LogP contribution is -2.25. The van der Waals surface area contributed by atoms with Gasteiger partial charge in [-0.15, -0.1) is 26.3 Å². The van der Waals surface area contributed by atoms with Crippen LogP contribution in [0.15, 0.2) is 35.3 Å². The number of thiocarbonyl (C=S) groups is 1. The van der Waals surface area contributed by atoms with Gasteiger partial charge < -0.3 is 0 Å². The summed E-state index contributed by atoms with van der Waals surface area (Å²) in [5.74, 6) is 0. The van der Waals surface area contributed by atoms with Crippen LogP contribution in [0.3, 0.4) is 0 Å². The molecule has 0 spiro atoms. The number of benzene rings is 1. The van der Waals surface area contributed by atoms with Gasteiger partial charge >= 0.3 is 12.7 Å². The molecule has 0 bridgehead atoms. The van der Waals surface area contributed by atoms with Crippen molar-refractivity contribution >= 4 is 23.1 Å². The van der Waals surface area contributed by atoms with Crippen LogP contribution in [0, 0.1) is 0 Å². The fourth-order valence-corrected chi connectivity index (χ4v) is 0.792. The maximum Gasteiger partial charge on any atom is 0.529 e. The Morgan fingerprint density at radius 1 is 0.944 bits per heavy atom. The van der Waals surface area contributed by atoms with Gasteiger partial charge in [0.25, 0.3) is 0 Å². The Morgan fingerprint density at radius 2 is 1.39 bits per heavy atom. The number of rotatable bonds is 1. The van der Waals surface area contributed by atoms with Gasteiger partial charge in [0.05, 0.1) is 10.8 Å². The second-order valence-corrected chi connectivity index (χ2v) is 2.71. The molecule has 9 heteroatoms. The number of isothiocyanates is 1. The average Bonchev–Trinajstić information content (AvgIpc) is 2.15. The van der Waals surface area contributed by atoms with Crippen molar-refractivity contribution in [1.29, 1.82) is 0 Å². The van der Waals surface area contributed by atoms with Crippen molar-refractivity contribution in [2.24, 2.45) is 4.99 Å². The lowest BCUT2D eigenvalue weighted by Gasteiger charge is -2.08. The van der Waals surface area contributed by atoms with Crippen LogP contribution >= 0.6 is 12.2 Å². The zero-order valence-electron chi connectivity index (χ0n) is 8.42. The zero-order chi connectivity index (χ0) is 14.2. The van der Waals surface area contributed by atoms with Gasteiger partial charge in [0.1, 0.15) is 0 Å². The number of halogens is 6. The molecule has 18 heavy (non-hydrogen) atoms. The van der Waals surface area contributed by atoms with E-state index in [0.29, 0.717) is 0 Å². The molecule has 1 aromatic rings. The molecule has 0 aromatic heterocycles. The molecule has 0 atom stereocenters. The molecule has 0 aliphatic rings. The van der Waals surface area contributed by atoms with Crippen LogP contribution in [0.5, 0.6) is 0 Å². The van der Waals surface area contributed by atoms with Crippen LogP contribution in [-0.2, 0) is 4.74 Å². The van der Waals surface area contributed by atoms with Gasteiger partial charge in [0.15, 0.2) is 0 Å². The Bertz CT molecular complexity index is 384. The molecule has 1 rings (SSSR count). The molecule has 100 valence electrons. The maximum absolute atomic E-state index is 10.6. The number of hydrogen-bond acceptors (Lipinski definition) is 3. The van der Waals surface area contributed by atoms with Crippen molar-refractivity contribution in [3.63, 3.8) is 0 Å². The number of hydrogen-bond donors (Lipinski definition) is 0. The van der Waals surface area contributed by atoms with E-state index >= 15 is 0 Å². The first-order valence-electron chi connectivity index (χ1n) is 4.10. The van der Waals surface area contributed by atoms with E-state index < -0.39 is 12.7 Å². The SMILES string of the molecule is FC(F)(F)OC(F)(F)F.S=C=Nc1ccccc1. The summed E-state index contributed by atoms with van der Waals surface area (Å²) in [5.41, 5.74) is 0.854. The van der Waals surface area contributed by atoms with Gasteiger partial charge in [0.2, 0.25) is 0 Å². The fraction of sp³-hybridized carbons (Fsp3) is 0.222. The predicted octanol–water partition coefficient (Wildman–Crippen LogP) is 4.46. The summed E-state index contributed by atoms with van der Waals surface area (Å²) in [5, 5.41) is 2.29. The molecule has 0 radical (unpaired) electrons. The molecular weight excluding hydrogens is 284 g/mol. The molecule has 0 unspecified atom stereocenters. The van der Waals surface area contributed by atoms with Crippen LogP contribution < -0.4 is 0 Å². The van der Waals surface area contributed by atoms with Crippen LogP contribution in [0.25, 0.3) is 0 Å². The van der Waals surface area contributed by atoms with Crippen LogP contribution in [-0.4, -0.2) is 17.9 Å². The van der Waals surface area contributed by atoms with E-state index in [1.807, 2.05) is 30.3 Å². The molecule has 0 heterocycles. The van der Waals surface area contributed by atoms with Crippen molar-refractivity contribution in [3.8, 4) is 0 Å². The van der Waals surface area contributed by atoms with E-state index in [1.54, 1.807) is 4.74 Å². The van der Waals surface area contributed by atoms with Crippen molar-refractivity contribution in [2.45, 2.75) is 12.7 Å². The number of para-hydroxylation sites is 1. The smallest absolute Gasteiger partial charge is 0.196 e. The molecular formula is C9H5F6NOS. The largest absolute Gasteiger partial charge is 0.529 e. The Balaban J connectivity index is 0.000000321. The molecule has 1 aromatic carbocycles. The minimum absolute atomic E-state index is 0.854. The van der Waals surface area contributed by atoms with Crippen LogP contribution in [0.1, 0.15) is 0 Å². The van der Waals surface area contributed by atoms with E-state index in [1.165, 1.54) is 0 Å². The van der Waals surface area contributed by atoms with Crippen LogP contribution in [0.4, 0.5) is 32.0 Å². The monoisotopic (exact) mass is 289 g/mol. The second-order valence-electron chi connectivity index (χ2n) is 2.53. The fourth-order valence-electron chi connectivity index (χ4n) is 0.686. The van der Waals surface area contributed by atoms with Crippen LogP contribution in [0.2, 0.25) is 0 Å². The molecule has 0 amide bonds. The third kappa shape index (κ3) is 11.1. The van der Waals surface area contributed by atoms with Gasteiger partial charge in [-0.05, 0) is 24.4 Å². The van der Waals surface area contributed by atoms with Crippen molar-refractivity contribution in [1.82, 2.24) is 0 Å². The first-order chi connectivity index (χ1) is 8.14. The van der Waals surface area contributed by atoms with E-state index in [-0.39, 0.29) is 0 Å². The molecule has 0 aliphatic heterocycles. The van der Waals surface area contributed by atoms with Gasteiger partial charge in [0, 0.05) is 0 Å². The normalized spacial score (nSPS) is 11.0. The number of ether oxygens (including phenoxy) is 1. The highest BCUT2D eigenvalue weighted by atomic mass is 32.1. The molecule has 2 nitrogen and oxygen atoms in total. The molecule has 0 N–H and O–H groups in total. The number of aliphatic imine (C=N–C) groups is 1. The summed E-state index contributed by atoms with van der Waals surface area (Å²) in [6, 6.07) is 9.50. The molecule has 0 saturated carbocycles. The maximum atomic E-state index is 10.6. The summed E-state index contributed by atoms with van der Waals surface area (Å²) in [6.45, 7) is 0. The predicted molar refractivity (Wildman–Crippen MR) is 54.3 cm³/mol. The third-order valence-electron chi connectivity index (χ3n) is 1.16. The second kappa shape index (κ2) is 7.10. The summed E-state index contributed by atoms with van der Waals surface area (Å²) in [7, 11) is 0. The van der Waals surface area contributed by atoms with E-state index in [9.17, 15) is 26.3 Å². The Labute approximate surface area is 103 Å². The highest BCUT2D eigenvalue weighted by Gasteiger charge is 2.45. The Kier molecular flexibility index (Phi) is 6.53. The molecule has 0 saturated heterocycles. The average molecular weight is 289 g/mol. The minimum Gasteiger partial charge on any atom is -0.196 e. The highest BCUT2D eigenvalue weighted by Crippen LogP contribution is 2.28. The first-order valence-corrected chi connectivity index (χ1v) is 4.51. The lowest BCUT2D eigenvalue weighted by molar-refractivity contribution is -0.463. The van der Waals surface area contributed by atoms with Gasteiger partial charge in [-0.3, -0.25) is 0 Å². The molecule has 0 aliphatic carbocycles. The topological polar surface area (TPSA) is 21.6 Å². The summed E-state index contributed by atoms with van der Waals surface area (Å²) < 4.78 is 65.3. The minimum atomic E-state index is -5.64. The van der Waals surface area contributed by atoms with Gasteiger partial charge in [-0.2, -0.15) is 9.73 Å². The van der Waals surface area contributed by atoms with Gasteiger partial charge in [-0.1, -0.05) is 18.2 Å². The quantitative estimate of drug-likeness (QED) is 0.432. The molecule has 0 fully saturated rings. The van der Waals surface area contributed by atoms with E-state index in [4.69, 9.17) is 0 Å².